The van der Waals surface area contributed by atoms with Crippen molar-refractivity contribution in [2.24, 2.45) is 11.8 Å². The molecule has 2 fully saturated rings. The van der Waals surface area contributed by atoms with Gasteiger partial charge in [0.1, 0.15) is 5.82 Å². The molecular formula is C15H19F2N5. The van der Waals surface area contributed by atoms with E-state index in [1.807, 2.05) is 6.07 Å². The van der Waals surface area contributed by atoms with Gasteiger partial charge in [-0.2, -0.15) is 4.52 Å². The highest BCUT2D eigenvalue weighted by molar-refractivity contribution is 5.47. The summed E-state index contributed by atoms with van der Waals surface area (Å²) in [4.78, 5) is 2.29. The number of hydrogen-bond donors (Lipinski definition) is 0. The van der Waals surface area contributed by atoms with Crippen LogP contribution in [0.3, 0.4) is 0 Å². The van der Waals surface area contributed by atoms with Crippen LogP contribution in [0.1, 0.15) is 44.9 Å². The van der Waals surface area contributed by atoms with Crippen LogP contribution in [0.15, 0.2) is 12.1 Å². The first-order valence-electron chi connectivity index (χ1n) is 7.92. The predicted octanol–water partition coefficient (Wildman–Crippen LogP) is 3.08. The van der Waals surface area contributed by atoms with E-state index in [2.05, 4.69) is 27.1 Å². The van der Waals surface area contributed by atoms with E-state index in [1.165, 1.54) is 30.2 Å². The summed E-state index contributed by atoms with van der Waals surface area (Å²) < 4.78 is 27.2. The smallest absolute Gasteiger partial charge is 0.299 e. The van der Waals surface area contributed by atoms with Crippen LogP contribution >= 0.6 is 0 Å². The Morgan fingerprint density at radius 3 is 2.82 bits per heavy atom. The van der Waals surface area contributed by atoms with Gasteiger partial charge in [0.2, 0.25) is 5.82 Å². The lowest BCUT2D eigenvalue weighted by Gasteiger charge is -2.32. The highest BCUT2D eigenvalue weighted by Gasteiger charge is 2.41. The molecule has 1 aliphatic heterocycles. The summed E-state index contributed by atoms with van der Waals surface area (Å²) in [5, 5.41) is 11.7. The van der Waals surface area contributed by atoms with Crippen molar-refractivity contribution in [1.82, 2.24) is 19.8 Å². The normalized spacial score (nSPS) is 28.5. The summed E-state index contributed by atoms with van der Waals surface area (Å²) in [6, 6.07) is 4.09. The van der Waals surface area contributed by atoms with Gasteiger partial charge >= 0.3 is 0 Å². The monoisotopic (exact) mass is 307 g/mol. The number of alkyl halides is 2. The summed E-state index contributed by atoms with van der Waals surface area (Å²) in [7, 11) is 0. The van der Waals surface area contributed by atoms with Crippen LogP contribution in [-0.4, -0.2) is 32.4 Å². The van der Waals surface area contributed by atoms with Crippen molar-refractivity contribution in [3.05, 3.63) is 18.0 Å². The summed E-state index contributed by atoms with van der Waals surface area (Å²) in [5.74, 6) is 1.69. The molecule has 3 atom stereocenters. The maximum atomic E-state index is 13.0. The van der Waals surface area contributed by atoms with E-state index in [1.54, 1.807) is 6.07 Å². The highest BCUT2D eigenvalue weighted by Crippen LogP contribution is 2.41. The minimum Gasteiger partial charge on any atom is -0.352 e. The number of fused-ring (bicyclic) bond motifs is 2. The fourth-order valence-corrected chi connectivity index (χ4v) is 4.12. The summed E-state index contributed by atoms with van der Waals surface area (Å²) in [6.45, 7) is 3.23. The van der Waals surface area contributed by atoms with Crippen LogP contribution in [0.5, 0.6) is 0 Å². The molecule has 2 aromatic rings. The van der Waals surface area contributed by atoms with Gasteiger partial charge in [0.15, 0.2) is 5.65 Å². The topological polar surface area (TPSA) is 46.3 Å². The van der Waals surface area contributed by atoms with Crippen molar-refractivity contribution >= 4 is 11.5 Å². The number of anilines is 1. The summed E-state index contributed by atoms with van der Waals surface area (Å²) >= 11 is 0. The fraction of sp³-hybridized carbons (Fsp3) is 0.667. The van der Waals surface area contributed by atoms with Gasteiger partial charge in [-0.05, 0) is 36.8 Å². The summed E-state index contributed by atoms with van der Waals surface area (Å²) in [5.41, 5.74) is 0.367. The van der Waals surface area contributed by atoms with E-state index in [0.717, 1.165) is 12.4 Å². The molecule has 2 aromatic heterocycles. The molecule has 7 heteroatoms. The van der Waals surface area contributed by atoms with E-state index in [4.69, 9.17) is 0 Å². The Balaban J connectivity index is 1.73. The zero-order valence-corrected chi connectivity index (χ0v) is 12.5. The second-order valence-corrected chi connectivity index (χ2v) is 6.47. The molecule has 4 rings (SSSR count). The molecule has 118 valence electrons. The first kappa shape index (κ1) is 13.8. The van der Waals surface area contributed by atoms with Gasteiger partial charge in [0, 0.05) is 12.6 Å². The number of nitrogens with zero attached hydrogens (tertiary/aromatic N) is 5. The molecule has 5 nitrogen and oxygen atoms in total. The van der Waals surface area contributed by atoms with E-state index >= 15 is 0 Å². The molecule has 3 unspecified atom stereocenters. The number of halogens is 2. The van der Waals surface area contributed by atoms with Gasteiger partial charge in [-0.25, -0.2) is 8.78 Å². The van der Waals surface area contributed by atoms with Crippen molar-refractivity contribution in [2.75, 3.05) is 11.4 Å². The molecule has 1 saturated carbocycles. The molecule has 0 bridgehead atoms. The van der Waals surface area contributed by atoms with Crippen LogP contribution in [0.2, 0.25) is 0 Å². The molecule has 0 amide bonds. The van der Waals surface area contributed by atoms with Crippen LogP contribution in [0.4, 0.5) is 14.6 Å². The number of rotatable bonds is 2. The molecule has 0 aromatic carbocycles. The zero-order valence-electron chi connectivity index (χ0n) is 12.5. The Bertz CT molecular complexity index is 686. The van der Waals surface area contributed by atoms with Crippen molar-refractivity contribution in [3.8, 4) is 0 Å². The van der Waals surface area contributed by atoms with Gasteiger partial charge in [0.25, 0.3) is 6.43 Å². The molecule has 3 heterocycles. The van der Waals surface area contributed by atoms with Crippen LogP contribution in [0.25, 0.3) is 5.65 Å². The van der Waals surface area contributed by atoms with Crippen molar-refractivity contribution in [1.29, 1.82) is 0 Å². The van der Waals surface area contributed by atoms with Crippen molar-refractivity contribution in [3.63, 3.8) is 0 Å². The molecule has 0 N–H and O–H groups in total. The van der Waals surface area contributed by atoms with Gasteiger partial charge < -0.3 is 4.90 Å². The molecule has 1 aliphatic carbocycles. The van der Waals surface area contributed by atoms with Gasteiger partial charge in [-0.15, -0.1) is 15.3 Å². The first-order valence-corrected chi connectivity index (χ1v) is 7.92. The van der Waals surface area contributed by atoms with Crippen molar-refractivity contribution < 1.29 is 8.78 Å². The highest BCUT2D eigenvalue weighted by atomic mass is 19.3. The molecule has 22 heavy (non-hydrogen) atoms. The van der Waals surface area contributed by atoms with Crippen LogP contribution < -0.4 is 4.90 Å². The lowest BCUT2D eigenvalue weighted by Crippen LogP contribution is -2.35. The van der Waals surface area contributed by atoms with Gasteiger partial charge in [-0.1, -0.05) is 19.8 Å². The molecular weight excluding hydrogens is 288 g/mol. The van der Waals surface area contributed by atoms with Crippen LogP contribution in [-0.2, 0) is 0 Å². The second kappa shape index (κ2) is 5.14. The Labute approximate surface area is 127 Å². The van der Waals surface area contributed by atoms with E-state index in [9.17, 15) is 8.78 Å². The minimum absolute atomic E-state index is 0.367. The molecule has 2 aliphatic rings. The number of hydrogen-bond acceptors (Lipinski definition) is 4. The average Bonchev–Trinajstić information content (AvgIpc) is 3.09. The van der Waals surface area contributed by atoms with Gasteiger partial charge in [0.05, 0.1) is 0 Å². The third-order valence-corrected chi connectivity index (χ3v) is 5.16. The quantitative estimate of drug-likeness (QED) is 0.855. The molecule has 0 spiro atoms. The van der Waals surface area contributed by atoms with Crippen molar-refractivity contribution in [2.45, 2.75) is 45.1 Å². The third kappa shape index (κ3) is 2.06. The lowest BCUT2D eigenvalue weighted by molar-refractivity contribution is 0.137. The minimum atomic E-state index is -2.67. The standard InChI is InChI=1S/C15H19F2N5/c1-9-8-21(11-5-3-2-4-10(9)11)13-7-6-12-18-19-15(14(16)17)22(12)20-13/h6-7,9-11,14H,2-5,8H2,1H3. The Kier molecular flexibility index (Phi) is 3.23. The first-order chi connectivity index (χ1) is 10.6. The third-order valence-electron chi connectivity index (χ3n) is 5.16. The lowest BCUT2D eigenvalue weighted by atomic mass is 9.80. The predicted molar refractivity (Wildman–Crippen MR) is 78.0 cm³/mol. The Hall–Kier alpha value is -1.79. The maximum absolute atomic E-state index is 13.0. The Morgan fingerprint density at radius 1 is 1.18 bits per heavy atom. The largest absolute Gasteiger partial charge is 0.352 e. The maximum Gasteiger partial charge on any atom is 0.299 e. The molecule has 0 radical (unpaired) electrons. The molecule has 1 saturated heterocycles. The van der Waals surface area contributed by atoms with Crippen LogP contribution in [0, 0.1) is 11.8 Å². The average molecular weight is 307 g/mol. The van der Waals surface area contributed by atoms with E-state index < -0.39 is 6.43 Å². The number of aromatic nitrogens is 4. The SMILES string of the molecule is CC1CN(c2ccc3nnc(C(F)F)n3n2)C2CCCCC12. The summed E-state index contributed by atoms with van der Waals surface area (Å²) in [6.07, 6.45) is 2.30. The Morgan fingerprint density at radius 2 is 2.00 bits per heavy atom. The van der Waals surface area contributed by atoms with Gasteiger partial charge in [-0.3, -0.25) is 0 Å². The zero-order chi connectivity index (χ0) is 15.3. The van der Waals surface area contributed by atoms with E-state index in [0.29, 0.717) is 23.5 Å². The fourth-order valence-electron chi connectivity index (χ4n) is 4.12. The second-order valence-electron chi connectivity index (χ2n) is 6.47. The van der Waals surface area contributed by atoms with E-state index in [-0.39, 0.29) is 5.82 Å².